The van der Waals surface area contributed by atoms with Gasteiger partial charge in [0, 0.05) is 6.04 Å². The lowest BCUT2D eigenvalue weighted by atomic mass is 9.98. The lowest BCUT2D eigenvalue weighted by Crippen LogP contribution is -2.23. The zero-order chi connectivity index (χ0) is 12.8. The molecule has 0 saturated heterocycles. The molecule has 2 heteroatoms. The maximum atomic E-state index is 5.75. The third-order valence-electron chi connectivity index (χ3n) is 3.18. The van der Waals surface area contributed by atoms with Crippen LogP contribution >= 0.6 is 0 Å². The molecule has 0 radical (unpaired) electrons. The van der Waals surface area contributed by atoms with Gasteiger partial charge in [-0.3, -0.25) is 0 Å². The number of rotatable bonds is 6. The van der Waals surface area contributed by atoms with E-state index in [0.29, 0.717) is 12.0 Å². The van der Waals surface area contributed by atoms with Crippen molar-refractivity contribution >= 4 is 0 Å². The van der Waals surface area contributed by atoms with Gasteiger partial charge in [0.25, 0.3) is 0 Å². The molecule has 17 heavy (non-hydrogen) atoms. The minimum Gasteiger partial charge on any atom is -0.494 e. The van der Waals surface area contributed by atoms with E-state index in [4.69, 9.17) is 4.74 Å². The molecule has 1 rings (SSSR count). The molecule has 0 fully saturated rings. The van der Waals surface area contributed by atoms with Crippen molar-refractivity contribution in [2.75, 3.05) is 13.7 Å². The highest BCUT2D eigenvalue weighted by atomic mass is 16.5. The maximum Gasteiger partial charge on any atom is 0.119 e. The number of benzene rings is 1. The molecule has 0 spiro atoms. The number of ether oxygens (including phenoxy) is 1. The number of hydrogen-bond donors (Lipinski definition) is 1. The predicted molar refractivity (Wildman–Crippen MR) is 73.9 cm³/mol. The van der Waals surface area contributed by atoms with E-state index in [-0.39, 0.29) is 0 Å². The summed E-state index contributed by atoms with van der Waals surface area (Å²) < 4.78 is 5.75. The van der Waals surface area contributed by atoms with Crippen molar-refractivity contribution in [2.24, 2.45) is 0 Å². The Kier molecular flexibility index (Phi) is 5.49. The topological polar surface area (TPSA) is 21.3 Å². The molecule has 2 nitrogen and oxygen atoms in total. The fraction of sp³-hybridized carbons (Fsp3) is 0.600. The van der Waals surface area contributed by atoms with Gasteiger partial charge in [-0.15, -0.1) is 0 Å². The van der Waals surface area contributed by atoms with Crippen LogP contribution in [0.3, 0.4) is 0 Å². The minimum absolute atomic E-state index is 0.506. The van der Waals surface area contributed by atoms with Crippen molar-refractivity contribution in [3.05, 3.63) is 29.3 Å². The molecule has 0 heterocycles. The molecule has 0 aliphatic rings. The van der Waals surface area contributed by atoms with Crippen LogP contribution < -0.4 is 10.1 Å². The summed E-state index contributed by atoms with van der Waals surface area (Å²) in [5, 5.41) is 3.21. The first kappa shape index (κ1) is 14.0. The van der Waals surface area contributed by atoms with Gasteiger partial charge in [-0.05, 0) is 56.5 Å². The van der Waals surface area contributed by atoms with Crippen LogP contribution in [0.4, 0.5) is 0 Å². The molecule has 0 aliphatic carbocycles. The van der Waals surface area contributed by atoms with Gasteiger partial charge >= 0.3 is 0 Å². The largest absolute Gasteiger partial charge is 0.494 e. The highest BCUT2D eigenvalue weighted by Gasteiger charge is 2.05. The second kappa shape index (κ2) is 6.65. The van der Waals surface area contributed by atoms with Gasteiger partial charge in [0.15, 0.2) is 0 Å². The standard InChI is InChI=1S/C15H25NO/c1-11(2)15-7-6-14(10-12(15)3)17-9-8-13(4)16-5/h6-7,10-11,13,16H,8-9H2,1-5H3. The van der Waals surface area contributed by atoms with Crippen molar-refractivity contribution in [1.82, 2.24) is 5.32 Å². The molecule has 1 aromatic carbocycles. The number of hydrogen-bond acceptors (Lipinski definition) is 2. The second-order valence-corrected chi connectivity index (χ2v) is 5.00. The molecule has 0 aliphatic heterocycles. The van der Waals surface area contributed by atoms with Crippen molar-refractivity contribution in [1.29, 1.82) is 0 Å². The average Bonchev–Trinajstić information content (AvgIpc) is 2.28. The average molecular weight is 235 g/mol. The van der Waals surface area contributed by atoms with E-state index < -0.39 is 0 Å². The van der Waals surface area contributed by atoms with E-state index in [1.54, 1.807) is 0 Å². The molecule has 1 N–H and O–H groups in total. The van der Waals surface area contributed by atoms with Crippen LogP contribution in [0.15, 0.2) is 18.2 Å². The molecular weight excluding hydrogens is 210 g/mol. The Morgan fingerprint density at radius 3 is 2.47 bits per heavy atom. The fourth-order valence-corrected chi connectivity index (χ4v) is 1.88. The van der Waals surface area contributed by atoms with Gasteiger partial charge in [-0.2, -0.15) is 0 Å². The Labute approximate surface area is 105 Å². The second-order valence-electron chi connectivity index (χ2n) is 5.00. The zero-order valence-electron chi connectivity index (χ0n) is 11.7. The van der Waals surface area contributed by atoms with Crippen LogP contribution in [0.5, 0.6) is 5.75 Å². The van der Waals surface area contributed by atoms with E-state index in [9.17, 15) is 0 Å². The Morgan fingerprint density at radius 1 is 1.24 bits per heavy atom. The molecule has 0 bridgehead atoms. The van der Waals surface area contributed by atoms with Crippen molar-refractivity contribution in [3.8, 4) is 5.75 Å². The maximum absolute atomic E-state index is 5.75. The van der Waals surface area contributed by atoms with Crippen molar-refractivity contribution in [3.63, 3.8) is 0 Å². The summed E-state index contributed by atoms with van der Waals surface area (Å²) in [7, 11) is 1.98. The lowest BCUT2D eigenvalue weighted by molar-refractivity contribution is 0.293. The molecule has 0 amide bonds. The highest BCUT2D eigenvalue weighted by molar-refractivity contribution is 5.36. The first-order chi connectivity index (χ1) is 8.04. The van der Waals surface area contributed by atoms with E-state index >= 15 is 0 Å². The van der Waals surface area contributed by atoms with Gasteiger partial charge in [0.2, 0.25) is 0 Å². The van der Waals surface area contributed by atoms with E-state index in [0.717, 1.165) is 18.8 Å². The molecule has 96 valence electrons. The molecule has 0 saturated carbocycles. The molecule has 1 unspecified atom stereocenters. The smallest absolute Gasteiger partial charge is 0.119 e. The van der Waals surface area contributed by atoms with Gasteiger partial charge in [-0.1, -0.05) is 19.9 Å². The summed E-state index contributed by atoms with van der Waals surface area (Å²) in [6.07, 6.45) is 1.03. The summed E-state index contributed by atoms with van der Waals surface area (Å²) >= 11 is 0. The van der Waals surface area contributed by atoms with E-state index in [1.807, 2.05) is 7.05 Å². The van der Waals surface area contributed by atoms with Crippen LogP contribution in [-0.4, -0.2) is 19.7 Å². The molecule has 1 aromatic rings. The summed E-state index contributed by atoms with van der Waals surface area (Å²) in [5.74, 6) is 1.56. The van der Waals surface area contributed by atoms with Gasteiger partial charge in [0.05, 0.1) is 6.61 Å². The lowest BCUT2D eigenvalue weighted by Gasteiger charge is -2.14. The molecular formula is C15H25NO. The first-order valence-corrected chi connectivity index (χ1v) is 6.45. The third-order valence-corrected chi connectivity index (χ3v) is 3.18. The Balaban J connectivity index is 2.53. The SMILES string of the molecule is CNC(C)CCOc1ccc(C(C)C)c(C)c1. The summed E-state index contributed by atoms with van der Waals surface area (Å²) in [5.41, 5.74) is 2.72. The van der Waals surface area contributed by atoms with Crippen LogP contribution in [0.2, 0.25) is 0 Å². The van der Waals surface area contributed by atoms with E-state index in [2.05, 4.69) is 51.2 Å². The van der Waals surface area contributed by atoms with Crippen LogP contribution in [0.1, 0.15) is 44.2 Å². The number of nitrogens with one attached hydrogen (secondary N) is 1. The Hall–Kier alpha value is -1.02. The highest BCUT2D eigenvalue weighted by Crippen LogP contribution is 2.23. The molecule has 1 atom stereocenters. The fourth-order valence-electron chi connectivity index (χ4n) is 1.88. The Bertz CT molecular complexity index is 347. The van der Waals surface area contributed by atoms with Gasteiger partial charge < -0.3 is 10.1 Å². The predicted octanol–water partition coefficient (Wildman–Crippen LogP) is 3.50. The quantitative estimate of drug-likeness (QED) is 0.815. The van der Waals surface area contributed by atoms with Gasteiger partial charge in [-0.25, -0.2) is 0 Å². The van der Waals surface area contributed by atoms with Crippen LogP contribution in [0.25, 0.3) is 0 Å². The van der Waals surface area contributed by atoms with Crippen molar-refractivity contribution < 1.29 is 4.74 Å². The summed E-state index contributed by atoms with van der Waals surface area (Å²) in [4.78, 5) is 0. The zero-order valence-corrected chi connectivity index (χ0v) is 11.7. The molecule has 0 aromatic heterocycles. The summed E-state index contributed by atoms with van der Waals surface area (Å²) in [6, 6.07) is 6.90. The minimum atomic E-state index is 0.506. The monoisotopic (exact) mass is 235 g/mol. The summed E-state index contributed by atoms with van der Waals surface area (Å²) in [6.45, 7) is 9.52. The van der Waals surface area contributed by atoms with E-state index in [1.165, 1.54) is 11.1 Å². The van der Waals surface area contributed by atoms with Crippen molar-refractivity contribution in [2.45, 2.75) is 46.1 Å². The first-order valence-electron chi connectivity index (χ1n) is 6.45. The van der Waals surface area contributed by atoms with Crippen LogP contribution in [-0.2, 0) is 0 Å². The Morgan fingerprint density at radius 2 is 1.94 bits per heavy atom. The third kappa shape index (κ3) is 4.39. The number of aryl methyl sites for hydroxylation is 1. The normalized spacial score (nSPS) is 12.8. The van der Waals surface area contributed by atoms with Crippen LogP contribution in [0, 0.1) is 6.92 Å². The van der Waals surface area contributed by atoms with Gasteiger partial charge in [0.1, 0.15) is 5.75 Å².